The van der Waals surface area contributed by atoms with Crippen LogP contribution in [0.4, 0.5) is 5.00 Å². The summed E-state index contributed by atoms with van der Waals surface area (Å²) in [4.78, 5) is 41.7. The minimum Gasteiger partial charge on any atom is -0.318 e. The second-order valence-corrected chi connectivity index (χ2v) is 5.81. The summed E-state index contributed by atoms with van der Waals surface area (Å²) in [5, 5.41) is 10.9. The van der Waals surface area contributed by atoms with E-state index in [2.05, 4.69) is 9.97 Å². The van der Waals surface area contributed by atoms with Crippen LogP contribution in [-0.4, -0.2) is 24.0 Å². The summed E-state index contributed by atoms with van der Waals surface area (Å²) in [6.07, 6.45) is 0. The highest BCUT2D eigenvalue weighted by Gasteiger charge is 2.21. The SMILES string of the molecule is CCn1c(-c2ccc([N+](=O)[O-])s2)nc2c1c(=O)[nH]c(=O)n2CC. The van der Waals surface area contributed by atoms with Crippen LogP contribution in [0, 0.1) is 10.1 Å². The molecule has 0 saturated heterocycles. The number of nitrogens with one attached hydrogen (secondary N) is 1. The predicted molar refractivity (Wildman–Crippen MR) is 85.9 cm³/mol. The molecule has 0 unspecified atom stereocenters. The first-order valence-corrected chi connectivity index (χ1v) is 7.77. The van der Waals surface area contributed by atoms with Crippen LogP contribution in [0.1, 0.15) is 13.8 Å². The van der Waals surface area contributed by atoms with Gasteiger partial charge in [-0.3, -0.25) is 24.5 Å². The van der Waals surface area contributed by atoms with Gasteiger partial charge in [-0.25, -0.2) is 9.78 Å². The Hall–Kier alpha value is -2.75. The van der Waals surface area contributed by atoms with Crippen molar-refractivity contribution in [3.8, 4) is 10.7 Å². The molecule has 3 aromatic rings. The molecule has 9 nitrogen and oxygen atoms in total. The molecule has 10 heteroatoms. The Morgan fingerprint density at radius 3 is 2.52 bits per heavy atom. The van der Waals surface area contributed by atoms with Gasteiger partial charge in [0.15, 0.2) is 17.0 Å². The van der Waals surface area contributed by atoms with E-state index < -0.39 is 16.2 Å². The Labute approximate surface area is 133 Å². The highest BCUT2D eigenvalue weighted by Crippen LogP contribution is 2.33. The number of nitro groups is 1. The van der Waals surface area contributed by atoms with E-state index in [4.69, 9.17) is 0 Å². The van der Waals surface area contributed by atoms with Crippen LogP contribution in [0.3, 0.4) is 0 Å². The summed E-state index contributed by atoms with van der Waals surface area (Å²) < 4.78 is 3.03. The number of fused-ring (bicyclic) bond motifs is 1. The number of thiophene rings is 1. The van der Waals surface area contributed by atoms with Crippen molar-refractivity contribution in [2.75, 3.05) is 0 Å². The molecule has 0 bridgehead atoms. The van der Waals surface area contributed by atoms with Crippen LogP contribution in [-0.2, 0) is 13.1 Å². The summed E-state index contributed by atoms with van der Waals surface area (Å²) in [7, 11) is 0. The van der Waals surface area contributed by atoms with Crippen LogP contribution in [0.2, 0.25) is 0 Å². The normalized spacial score (nSPS) is 11.2. The Bertz CT molecular complexity index is 1030. The third-order valence-corrected chi connectivity index (χ3v) is 4.54. The van der Waals surface area contributed by atoms with Gasteiger partial charge in [0.25, 0.3) is 5.56 Å². The van der Waals surface area contributed by atoms with Gasteiger partial charge in [0.2, 0.25) is 0 Å². The summed E-state index contributed by atoms with van der Waals surface area (Å²) >= 11 is 0.980. The quantitative estimate of drug-likeness (QED) is 0.574. The van der Waals surface area contributed by atoms with Gasteiger partial charge in [0.05, 0.1) is 9.80 Å². The zero-order valence-corrected chi connectivity index (χ0v) is 13.2. The molecule has 3 rings (SSSR count). The fourth-order valence-corrected chi connectivity index (χ4v) is 3.33. The summed E-state index contributed by atoms with van der Waals surface area (Å²) in [5.74, 6) is 0.443. The molecule has 120 valence electrons. The first-order valence-electron chi connectivity index (χ1n) is 6.95. The molecule has 3 aromatic heterocycles. The second kappa shape index (κ2) is 5.47. The fraction of sp³-hybridized carbons (Fsp3) is 0.308. The van der Waals surface area contributed by atoms with Crippen molar-refractivity contribution in [2.45, 2.75) is 26.9 Å². The van der Waals surface area contributed by atoms with E-state index in [-0.39, 0.29) is 10.6 Å². The molecular formula is C13H13N5O4S. The molecule has 0 spiro atoms. The number of aromatic amines is 1. The number of hydrogen-bond donors (Lipinski definition) is 1. The van der Waals surface area contributed by atoms with Crippen LogP contribution >= 0.6 is 11.3 Å². The molecule has 0 fully saturated rings. The Morgan fingerprint density at radius 1 is 1.26 bits per heavy atom. The monoisotopic (exact) mass is 335 g/mol. The van der Waals surface area contributed by atoms with Gasteiger partial charge in [-0.15, -0.1) is 0 Å². The van der Waals surface area contributed by atoms with Crippen molar-refractivity contribution in [2.24, 2.45) is 0 Å². The third-order valence-electron chi connectivity index (χ3n) is 3.51. The minimum absolute atomic E-state index is 0.00324. The van der Waals surface area contributed by atoms with Gasteiger partial charge < -0.3 is 4.57 Å². The molecule has 1 N–H and O–H groups in total. The van der Waals surface area contributed by atoms with E-state index in [1.54, 1.807) is 17.6 Å². The van der Waals surface area contributed by atoms with E-state index >= 15 is 0 Å². The topological polar surface area (TPSA) is 116 Å². The number of nitrogens with zero attached hydrogens (tertiary/aromatic N) is 4. The van der Waals surface area contributed by atoms with Gasteiger partial charge in [0.1, 0.15) is 0 Å². The number of aryl methyl sites for hydroxylation is 2. The first-order chi connectivity index (χ1) is 11.0. The molecular weight excluding hydrogens is 322 g/mol. The van der Waals surface area contributed by atoms with Crippen molar-refractivity contribution in [3.05, 3.63) is 43.1 Å². The molecule has 0 radical (unpaired) electrons. The van der Waals surface area contributed by atoms with Crippen molar-refractivity contribution >= 4 is 27.5 Å². The molecule has 0 aliphatic carbocycles. The van der Waals surface area contributed by atoms with Crippen molar-refractivity contribution in [3.63, 3.8) is 0 Å². The Balaban J connectivity index is 2.37. The van der Waals surface area contributed by atoms with Crippen molar-refractivity contribution < 1.29 is 4.92 Å². The third kappa shape index (κ3) is 2.27. The van der Waals surface area contributed by atoms with Crippen LogP contribution in [0.5, 0.6) is 0 Å². The van der Waals surface area contributed by atoms with E-state index in [1.165, 1.54) is 10.6 Å². The lowest BCUT2D eigenvalue weighted by Gasteiger charge is -2.04. The Kier molecular flexibility index (Phi) is 3.60. The van der Waals surface area contributed by atoms with E-state index in [0.717, 1.165) is 11.3 Å². The van der Waals surface area contributed by atoms with E-state index in [1.807, 2.05) is 6.92 Å². The number of H-pyrrole nitrogens is 1. The number of aromatic nitrogens is 4. The van der Waals surface area contributed by atoms with Gasteiger partial charge in [-0.2, -0.15) is 0 Å². The number of imidazole rings is 1. The first kappa shape index (κ1) is 15.2. The summed E-state index contributed by atoms with van der Waals surface area (Å²) in [5.41, 5.74) is -0.454. The molecule has 0 aromatic carbocycles. The maximum Gasteiger partial charge on any atom is 0.330 e. The fourth-order valence-electron chi connectivity index (χ4n) is 2.51. The molecule has 0 amide bonds. The highest BCUT2D eigenvalue weighted by molar-refractivity contribution is 7.18. The molecule has 3 heterocycles. The Morgan fingerprint density at radius 2 is 1.96 bits per heavy atom. The summed E-state index contributed by atoms with van der Waals surface area (Å²) in [6, 6.07) is 3.00. The molecule has 0 aliphatic heterocycles. The standard InChI is InChI=1S/C13H13N5O4S/c1-3-16-9-11(17(4-2)13(20)15-12(9)19)14-10(16)7-5-6-8(23-7)18(21)22/h5-6H,3-4H2,1-2H3,(H,15,19,20). The molecule has 23 heavy (non-hydrogen) atoms. The van der Waals surface area contributed by atoms with Crippen LogP contribution in [0.15, 0.2) is 21.7 Å². The lowest BCUT2D eigenvalue weighted by molar-refractivity contribution is -0.380. The minimum atomic E-state index is -0.519. The predicted octanol–water partition coefficient (Wildman–Crippen LogP) is 1.56. The zero-order chi connectivity index (χ0) is 16.7. The smallest absolute Gasteiger partial charge is 0.318 e. The van der Waals surface area contributed by atoms with E-state index in [0.29, 0.717) is 29.3 Å². The van der Waals surface area contributed by atoms with Crippen molar-refractivity contribution in [1.29, 1.82) is 0 Å². The average molecular weight is 335 g/mol. The van der Waals surface area contributed by atoms with Gasteiger partial charge in [-0.05, 0) is 19.9 Å². The van der Waals surface area contributed by atoms with E-state index in [9.17, 15) is 19.7 Å². The maximum absolute atomic E-state index is 12.2. The van der Waals surface area contributed by atoms with Crippen LogP contribution < -0.4 is 11.2 Å². The van der Waals surface area contributed by atoms with Gasteiger partial charge in [-0.1, -0.05) is 11.3 Å². The van der Waals surface area contributed by atoms with Gasteiger partial charge >= 0.3 is 10.7 Å². The van der Waals surface area contributed by atoms with Crippen molar-refractivity contribution in [1.82, 2.24) is 19.1 Å². The lowest BCUT2D eigenvalue weighted by atomic mass is 10.4. The number of rotatable bonds is 4. The zero-order valence-electron chi connectivity index (χ0n) is 12.4. The highest BCUT2D eigenvalue weighted by atomic mass is 32.1. The molecule has 0 aliphatic rings. The second-order valence-electron chi connectivity index (χ2n) is 4.75. The lowest BCUT2D eigenvalue weighted by Crippen LogP contribution is -2.30. The van der Waals surface area contributed by atoms with Crippen LogP contribution in [0.25, 0.3) is 21.9 Å². The summed E-state index contributed by atoms with van der Waals surface area (Å²) in [6.45, 7) is 4.42. The molecule has 0 saturated carbocycles. The number of hydrogen-bond acceptors (Lipinski definition) is 6. The molecule has 0 atom stereocenters. The average Bonchev–Trinajstić information content (AvgIpc) is 3.11. The van der Waals surface area contributed by atoms with Gasteiger partial charge in [0, 0.05) is 19.2 Å². The largest absolute Gasteiger partial charge is 0.330 e. The maximum atomic E-state index is 12.2.